The topological polar surface area (TPSA) is 26.3 Å². The van der Waals surface area contributed by atoms with Crippen LogP contribution in [-0.4, -0.2) is 17.5 Å². The zero-order chi connectivity index (χ0) is 15.6. The molecule has 0 aromatic rings. The van der Waals surface area contributed by atoms with E-state index in [2.05, 4.69) is 34.3 Å². The van der Waals surface area contributed by atoms with Crippen LogP contribution in [0.5, 0.6) is 0 Å². The van der Waals surface area contributed by atoms with E-state index in [-0.39, 0.29) is 11.7 Å². The number of ketones is 1. The summed E-state index contributed by atoms with van der Waals surface area (Å²) in [6.45, 7) is 12.4. The number of Topliss-reactive ketones (excluding diaryl/α,β-unsaturated/α-hetero) is 1. The summed E-state index contributed by atoms with van der Waals surface area (Å²) >= 11 is 0. The Balaban J connectivity index is 2.29. The third kappa shape index (κ3) is 3.66. The lowest BCUT2D eigenvalue weighted by molar-refractivity contribution is -0.118. The van der Waals surface area contributed by atoms with Crippen LogP contribution in [0.1, 0.15) is 66.2 Å². The van der Waals surface area contributed by atoms with Crippen molar-refractivity contribution in [2.75, 3.05) is 0 Å². The molecule has 0 spiro atoms. The minimum Gasteiger partial charge on any atom is -0.372 e. The Kier molecular flexibility index (Phi) is 5.08. The monoisotopic (exact) mass is 290 g/mol. The number of allylic oxidation sites excluding steroid dienone is 2. The van der Waals surface area contributed by atoms with Crippen molar-refractivity contribution in [1.29, 1.82) is 0 Å². The minimum absolute atomic E-state index is 0.115. The maximum absolute atomic E-state index is 12.3. The van der Waals surface area contributed by atoms with Gasteiger partial charge in [-0.3, -0.25) is 4.79 Å². The molecule has 0 bridgehead atoms. The Hall–Kier alpha value is -0.890. The molecule has 2 rings (SSSR count). The highest BCUT2D eigenvalue weighted by atomic mass is 16.5. The zero-order valence-electron chi connectivity index (χ0n) is 14.1. The summed E-state index contributed by atoms with van der Waals surface area (Å²) in [5.41, 5.74) is 2.40. The van der Waals surface area contributed by atoms with Gasteiger partial charge in [-0.15, -0.1) is 6.58 Å². The van der Waals surface area contributed by atoms with Gasteiger partial charge in [0.15, 0.2) is 5.78 Å². The summed E-state index contributed by atoms with van der Waals surface area (Å²) in [4.78, 5) is 12.3. The molecule has 21 heavy (non-hydrogen) atoms. The number of ether oxygens (including phenoxy) is 1. The van der Waals surface area contributed by atoms with Gasteiger partial charge in [0, 0.05) is 12.3 Å². The van der Waals surface area contributed by atoms with E-state index in [9.17, 15) is 4.79 Å². The summed E-state index contributed by atoms with van der Waals surface area (Å²) in [6.07, 6.45) is 7.83. The Morgan fingerprint density at radius 3 is 2.67 bits per heavy atom. The average Bonchev–Trinajstić information content (AvgIpc) is 2.74. The van der Waals surface area contributed by atoms with Crippen LogP contribution in [0.25, 0.3) is 0 Å². The van der Waals surface area contributed by atoms with Crippen molar-refractivity contribution in [3.05, 3.63) is 23.8 Å². The highest BCUT2D eigenvalue weighted by Gasteiger charge is 2.44. The molecule has 118 valence electrons. The van der Waals surface area contributed by atoms with E-state index in [1.54, 1.807) is 0 Å². The van der Waals surface area contributed by atoms with Gasteiger partial charge in [0.1, 0.15) is 0 Å². The van der Waals surface area contributed by atoms with Crippen LogP contribution in [0.15, 0.2) is 23.8 Å². The molecule has 1 saturated carbocycles. The lowest BCUT2D eigenvalue weighted by Gasteiger charge is -2.33. The molecule has 0 aromatic heterocycles. The Bertz CT molecular complexity index is 439. The zero-order valence-corrected chi connectivity index (χ0v) is 14.1. The first-order valence-electron chi connectivity index (χ1n) is 8.41. The van der Waals surface area contributed by atoms with Crippen LogP contribution in [0.2, 0.25) is 0 Å². The van der Waals surface area contributed by atoms with Crippen LogP contribution in [0, 0.1) is 11.8 Å². The fraction of sp³-hybridized carbons (Fsp3) is 0.737. The molecule has 0 saturated heterocycles. The molecule has 0 radical (unpaired) electrons. The van der Waals surface area contributed by atoms with E-state index in [1.165, 1.54) is 5.57 Å². The number of hydrogen-bond acceptors (Lipinski definition) is 2. The van der Waals surface area contributed by atoms with Gasteiger partial charge < -0.3 is 4.74 Å². The number of carbonyl (C=O) groups excluding carboxylic acids is 1. The Morgan fingerprint density at radius 2 is 2.10 bits per heavy atom. The van der Waals surface area contributed by atoms with Gasteiger partial charge in [-0.1, -0.05) is 25.0 Å². The third-order valence-corrected chi connectivity index (χ3v) is 4.81. The van der Waals surface area contributed by atoms with Crippen LogP contribution >= 0.6 is 0 Å². The van der Waals surface area contributed by atoms with Crippen molar-refractivity contribution in [2.24, 2.45) is 11.8 Å². The van der Waals surface area contributed by atoms with Crippen molar-refractivity contribution in [3.63, 3.8) is 0 Å². The molecule has 0 heterocycles. The van der Waals surface area contributed by atoms with Crippen molar-refractivity contribution in [2.45, 2.75) is 77.9 Å². The molecule has 0 aromatic carbocycles. The van der Waals surface area contributed by atoms with Crippen LogP contribution in [0.4, 0.5) is 0 Å². The van der Waals surface area contributed by atoms with Crippen LogP contribution in [-0.2, 0) is 9.53 Å². The number of fused-ring (bicyclic) bond motifs is 1. The second-order valence-electron chi connectivity index (χ2n) is 7.47. The number of hydrogen-bond donors (Lipinski definition) is 0. The van der Waals surface area contributed by atoms with Gasteiger partial charge in [0.05, 0.1) is 11.7 Å². The molecule has 2 nitrogen and oxygen atoms in total. The highest BCUT2D eigenvalue weighted by molar-refractivity contribution is 5.97. The first-order valence-corrected chi connectivity index (χ1v) is 8.41. The molecular weight excluding hydrogens is 260 g/mol. The minimum atomic E-state index is -0.115. The van der Waals surface area contributed by atoms with E-state index < -0.39 is 0 Å². The summed E-state index contributed by atoms with van der Waals surface area (Å²) < 4.78 is 6.39. The summed E-state index contributed by atoms with van der Waals surface area (Å²) in [7, 11) is 0. The summed E-state index contributed by atoms with van der Waals surface area (Å²) in [5.74, 6) is 1.40. The first kappa shape index (κ1) is 16.5. The second-order valence-corrected chi connectivity index (χ2v) is 7.47. The molecule has 0 N–H and O–H groups in total. The lowest BCUT2D eigenvalue weighted by Crippen LogP contribution is -2.35. The quantitative estimate of drug-likeness (QED) is 0.677. The summed E-state index contributed by atoms with van der Waals surface area (Å²) in [5, 5.41) is 0. The Labute approximate surface area is 129 Å². The predicted octanol–water partition coefficient (Wildman–Crippen LogP) is 4.84. The molecule has 0 amide bonds. The second kappa shape index (κ2) is 6.48. The molecule has 3 atom stereocenters. The first-order chi connectivity index (χ1) is 9.87. The van der Waals surface area contributed by atoms with Crippen molar-refractivity contribution in [1.82, 2.24) is 0 Å². The predicted molar refractivity (Wildman–Crippen MR) is 87.2 cm³/mol. The highest BCUT2D eigenvalue weighted by Crippen LogP contribution is 2.48. The summed E-state index contributed by atoms with van der Waals surface area (Å²) in [6, 6.07) is 0. The fourth-order valence-corrected chi connectivity index (χ4v) is 3.89. The van der Waals surface area contributed by atoms with Crippen LogP contribution in [0.3, 0.4) is 0 Å². The van der Waals surface area contributed by atoms with Crippen LogP contribution < -0.4 is 0 Å². The molecule has 3 unspecified atom stereocenters. The molecular formula is C19H30O2. The van der Waals surface area contributed by atoms with Gasteiger partial charge in [-0.05, 0) is 57.9 Å². The van der Waals surface area contributed by atoms with Crippen molar-refractivity contribution in [3.8, 4) is 0 Å². The SMILES string of the molecule is C=CCCC1=C2CC(CC)C(OC(C)(C)C)C2CCC1=O. The standard InChI is InChI=1S/C19H30O2/c1-6-8-9-14-16-12-13(7-2)18(21-19(3,4)5)15(16)10-11-17(14)20/h6,13,15,18H,1,7-12H2,2-5H3. The van der Waals surface area contributed by atoms with Gasteiger partial charge in [-0.25, -0.2) is 0 Å². The van der Waals surface area contributed by atoms with Crippen molar-refractivity contribution < 1.29 is 9.53 Å². The normalized spacial score (nSPS) is 29.7. The van der Waals surface area contributed by atoms with E-state index in [0.29, 0.717) is 24.0 Å². The molecule has 1 fully saturated rings. The smallest absolute Gasteiger partial charge is 0.158 e. The fourth-order valence-electron chi connectivity index (χ4n) is 3.89. The van der Waals surface area contributed by atoms with E-state index in [0.717, 1.165) is 37.7 Å². The van der Waals surface area contributed by atoms with E-state index >= 15 is 0 Å². The molecule has 2 aliphatic rings. The molecule has 2 heteroatoms. The van der Waals surface area contributed by atoms with Gasteiger partial charge in [0.25, 0.3) is 0 Å². The maximum Gasteiger partial charge on any atom is 0.158 e. The van der Waals surface area contributed by atoms with Gasteiger partial charge >= 0.3 is 0 Å². The third-order valence-electron chi connectivity index (χ3n) is 4.81. The number of carbonyl (C=O) groups is 1. The largest absolute Gasteiger partial charge is 0.372 e. The molecule has 2 aliphatic carbocycles. The average molecular weight is 290 g/mol. The maximum atomic E-state index is 12.3. The van der Waals surface area contributed by atoms with Crippen molar-refractivity contribution >= 4 is 5.78 Å². The lowest BCUT2D eigenvalue weighted by atomic mass is 9.81. The van der Waals surface area contributed by atoms with E-state index in [1.807, 2.05) is 6.08 Å². The van der Waals surface area contributed by atoms with E-state index in [4.69, 9.17) is 4.74 Å². The van der Waals surface area contributed by atoms with Gasteiger partial charge in [0.2, 0.25) is 0 Å². The number of rotatable bonds is 5. The Morgan fingerprint density at radius 1 is 1.38 bits per heavy atom. The molecule has 0 aliphatic heterocycles. The van der Waals surface area contributed by atoms with Gasteiger partial charge in [-0.2, -0.15) is 0 Å².